The summed E-state index contributed by atoms with van der Waals surface area (Å²) in [4.78, 5) is 13.3. The third kappa shape index (κ3) is 1.75. The summed E-state index contributed by atoms with van der Waals surface area (Å²) in [7, 11) is 0. The van der Waals surface area contributed by atoms with Crippen molar-refractivity contribution in [3.63, 3.8) is 0 Å². The number of likely N-dealkylation sites (tertiary alicyclic amines) is 1. The fourth-order valence-electron chi connectivity index (χ4n) is 2.86. The highest BCUT2D eigenvalue weighted by Gasteiger charge is 2.43. The molecule has 4 heteroatoms. The second-order valence-corrected chi connectivity index (χ2v) is 4.97. The predicted molar refractivity (Wildman–Crippen MR) is 56.2 cm³/mol. The zero-order valence-corrected chi connectivity index (χ0v) is 9.09. The molecular weight excluding hydrogens is 200 g/mol. The molecule has 2 rings (SSSR count). The van der Waals surface area contributed by atoms with Crippen molar-refractivity contribution in [2.24, 2.45) is 11.1 Å². The molecule has 80 valence electrons. The van der Waals surface area contributed by atoms with Crippen LogP contribution in [0, 0.1) is 5.41 Å². The maximum Gasteiger partial charge on any atom is 0.237 e. The lowest BCUT2D eigenvalue weighted by atomic mass is 9.85. The molecule has 2 N–H and O–H groups in total. The van der Waals surface area contributed by atoms with Gasteiger partial charge in [-0.15, -0.1) is 11.6 Å². The van der Waals surface area contributed by atoms with Gasteiger partial charge in [-0.3, -0.25) is 4.79 Å². The number of nitrogens with zero attached hydrogens (tertiary/aromatic N) is 1. The standard InChI is InChI=1S/C10H17ClN2O/c11-6-9(14)13-4-3-10(7-13)2-1-8(12)5-10/h8H,1-7,12H2/t8-,10+/m0/s1. The molecular formula is C10H17ClN2O. The maximum absolute atomic E-state index is 11.4. The average Bonchev–Trinajstić information content (AvgIpc) is 2.74. The summed E-state index contributed by atoms with van der Waals surface area (Å²) in [6.07, 6.45) is 4.49. The molecule has 1 amide bonds. The number of carbonyl (C=O) groups excluding carboxylic acids is 1. The van der Waals surface area contributed by atoms with Crippen molar-refractivity contribution in [1.82, 2.24) is 4.90 Å². The Kier molecular flexibility index (Phi) is 2.71. The Morgan fingerprint density at radius 3 is 2.93 bits per heavy atom. The summed E-state index contributed by atoms with van der Waals surface area (Å²) >= 11 is 5.54. The average molecular weight is 217 g/mol. The summed E-state index contributed by atoms with van der Waals surface area (Å²) in [5.41, 5.74) is 6.25. The Morgan fingerprint density at radius 1 is 1.57 bits per heavy atom. The number of alkyl halides is 1. The Bertz CT molecular complexity index is 246. The third-order valence-electron chi connectivity index (χ3n) is 3.65. The topological polar surface area (TPSA) is 46.3 Å². The molecule has 2 atom stereocenters. The summed E-state index contributed by atoms with van der Waals surface area (Å²) < 4.78 is 0. The van der Waals surface area contributed by atoms with Crippen molar-refractivity contribution >= 4 is 17.5 Å². The normalized spacial score (nSPS) is 37.0. The molecule has 3 nitrogen and oxygen atoms in total. The first-order valence-corrected chi connectivity index (χ1v) is 5.78. The summed E-state index contributed by atoms with van der Waals surface area (Å²) in [5, 5.41) is 0. The monoisotopic (exact) mass is 216 g/mol. The van der Waals surface area contributed by atoms with Crippen LogP contribution in [-0.2, 0) is 4.79 Å². The number of hydrogen-bond acceptors (Lipinski definition) is 2. The highest BCUT2D eigenvalue weighted by atomic mass is 35.5. The van der Waals surface area contributed by atoms with E-state index in [2.05, 4.69) is 0 Å². The minimum atomic E-state index is 0.0732. The van der Waals surface area contributed by atoms with Gasteiger partial charge in [-0.05, 0) is 31.1 Å². The largest absolute Gasteiger partial charge is 0.341 e. The van der Waals surface area contributed by atoms with E-state index in [0.29, 0.717) is 11.5 Å². The van der Waals surface area contributed by atoms with E-state index in [1.54, 1.807) is 0 Å². The predicted octanol–water partition coefficient (Wildman–Crippen LogP) is 0.955. The summed E-state index contributed by atoms with van der Waals surface area (Å²) in [5.74, 6) is 0.186. The van der Waals surface area contributed by atoms with Gasteiger partial charge in [0.05, 0.1) is 0 Å². The van der Waals surface area contributed by atoms with Crippen molar-refractivity contribution in [3.05, 3.63) is 0 Å². The first kappa shape index (κ1) is 10.2. The van der Waals surface area contributed by atoms with Crippen molar-refractivity contribution in [2.75, 3.05) is 19.0 Å². The van der Waals surface area contributed by atoms with E-state index in [0.717, 1.165) is 32.4 Å². The van der Waals surface area contributed by atoms with Crippen LogP contribution in [0.15, 0.2) is 0 Å². The van der Waals surface area contributed by atoms with E-state index < -0.39 is 0 Å². The molecule has 0 aromatic heterocycles. The molecule has 1 saturated heterocycles. The summed E-state index contributed by atoms with van der Waals surface area (Å²) in [6.45, 7) is 1.75. The number of rotatable bonds is 1. The third-order valence-corrected chi connectivity index (χ3v) is 3.87. The van der Waals surface area contributed by atoms with Crippen LogP contribution in [0.5, 0.6) is 0 Å². The Balaban J connectivity index is 1.97. The second kappa shape index (κ2) is 3.70. The van der Waals surface area contributed by atoms with Gasteiger partial charge in [-0.2, -0.15) is 0 Å². The van der Waals surface area contributed by atoms with Gasteiger partial charge < -0.3 is 10.6 Å². The first-order chi connectivity index (χ1) is 6.65. The van der Waals surface area contributed by atoms with Crippen LogP contribution in [0.1, 0.15) is 25.7 Å². The Morgan fingerprint density at radius 2 is 2.36 bits per heavy atom. The van der Waals surface area contributed by atoms with Crippen LogP contribution in [0.25, 0.3) is 0 Å². The summed E-state index contributed by atoms with van der Waals surface area (Å²) in [6, 6.07) is 0.348. The van der Waals surface area contributed by atoms with Gasteiger partial charge in [0.15, 0.2) is 0 Å². The molecule has 0 radical (unpaired) electrons. The van der Waals surface area contributed by atoms with Crippen LogP contribution in [0.4, 0.5) is 0 Å². The Hall–Kier alpha value is -0.280. The fourth-order valence-corrected chi connectivity index (χ4v) is 3.02. The quantitative estimate of drug-likeness (QED) is 0.664. The highest BCUT2D eigenvalue weighted by Crippen LogP contribution is 2.44. The van der Waals surface area contributed by atoms with Gasteiger partial charge in [0, 0.05) is 19.1 Å². The molecule has 1 saturated carbocycles. The Labute approximate surface area is 89.6 Å². The fraction of sp³-hybridized carbons (Fsp3) is 0.900. The molecule has 1 spiro atoms. The van der Waals surface area contributed by atoms with Gasteiger partial charge in [-0.25, -0.2) is 0 Å². The molecule has 1 aliphatic carbocycles. The zero-order chi connectivity index (χ0) is 10.2. The van der Waals surface area contributed by atoms with Crippen molar-refractivity contribution in [3.8, 4) is 0 Å². The molecule has 2 fully saturated rings. The molecule has 14 heavy (non-hydrogen) atoms. The second-order valence-electron chi connectivity index (χ2n) is 4.70. The number of carbonyl (C=O) groups is 1. The van der Waals surface area contributed by atoms with Crippen LogP contribution in [0.2, 0.25) is 0 Å². The number of amides is 1. The lowest BCUT2D eigenvalue weighted by Crippen LogP contribution is -2.32. The van der Waals surface area contributed by atoms with E-state index in [4.69, 9.17) is 17.3 Å². The van der Waals surface area contributed by atoms with E-state index in [9.17, 15) is 4.79 Å². The van der Waals surface area contributed by atoms with Crippen LogP contribution < -0.4 is 5.73 Å². The minimum absolute atomic E-state index is 0.0732. The minimum Gasteiger partial charge on any atom is -0.341 e. The van der Waals surface area contributed by atoms with Gasteiger partial charge >= 0.3 is 0 Å². The lowest BCUT2D eigenvalue weighted by molar-refractivity contribution is -0.127. The maximum atomic E-state index is 11.4. The van der Waals surface area contributed by atoms with Gasteiger partial charge in [0.25, 0.3) is 0 Å². The van der Waals surface area contributed by atoms with Gasteiger partial charge in [0.2, 0.25) is 5.91 Å². The van der Waals surface area contributed by atoms with Gasteiger partial charge in [0.1, 0.15) is 5.88 Å². The molecule has 0 aromatic carbocycles. The van der Waals surface area contributed by atoms with Crippen LogP contribution in [0.3, 0.4) is 0 Å². The van der Waals surface area contributed by atoms with E-state index >= 15 is 0 Å². The van der Waals surface area contributed by atoms with Crippen LogP contribution >= 0.6 is 11.6 Å². The van der Waals surface area contributed by atoms with Crippen molar-refractivity contribution < 1.29 is 4.79 Å². The van der Waals surface area contributed by atoms with Crippen molar-refractivity contribution in [1.29, 1.82) is 0 Å². The highest BCUT2D eigenvalue weighted by molar-refractivity contribution is 6.27. The smallest absolute Gasteiger partial charge is 0.237 e. The van der Waals surface area contributed by atoms with Gasteiger partial charge in [-0.1, -0.05) is 0 Å². The van der Waals surface area contributed by atoms with Crippen molar-refractivity contribution in [2.45, 2.75) is 31.7 Å². The first-order valence-electron chi connectivity index (χ1n) is 5.25. The molecule has 0 bridgehead atoms. The molecule has 0 aromatic rings. The zero-order valence-electron chi connectivity index (χ0n) is 8.34. The lowest BCUT2D eigenvalue weighted by Gasteiger charge is -2.23. The number of halogens is 1. The van der Waals surface area contributed by atoms with E-state index in [-0.39, 0.29) is 11.8 Å². The van der Waals surface area contributed by atoms with E-state index in [1.807, 2.05) is 4.90 Å². The molecule has 2 aliphatic rings. The number of nitrogens with two attached hydrogens (primary N) is 1. The van der Waals surface area contributed by atoms with E-state index in [1.165, 1.54) is 6.42 Å². The van der Waals surface area contributed by atoms with Crippen LogP contribution in [-0.4, -0.2) is 35.8 Å². The SMILES string of the molecule is N[C@H]1CC[C@@]2(CCN(C(=O)CCl)C2)C1. The number of hydrogen-bond donors (Lipinski definition) is 1. The molecule has 1 heterocycles. The molecule has 0 unspecified atom stereocenters. The molecule has 1 aliphatic heterocycles.